The maximum Gasteiger partial charge on any atom is 1.00 e. The number of aryl methyl sites for hydroxylation is 1. The van der Waals surface area contributed by atoms with Gasteiger partial charge >= 0.3 is 29.6 Å². The molecule has 0 amide bonds. The first-order valence-corrected chi connectivity index (χ1v) is 6.90. The van der Waals surface area contributed by atoms with Crippen LogP contribution in [0.4, 0.5) is 0 Å². The molecule has 1 aromatic carbocycles. The van der Waals surface area contributed by atoms with Crippen molar-refractivity contribution < 1.29 is 38.0 Å². The summed E-state index contributed by atoms with van der Waals surface area (Å²) >= 11 is 4.90. The molecule has 0 spiro atoms. The molecule has 2 N–H and O–H groups in total. The Kier molecular flexibility index (Phi) is 9.45. The second-order valence-corrected chi connectivity index (χ2v) is 5.51. The summed E-state index contributed by atoms with van der Waals surface area (Å²) in [5.74, 6) is 0. The van der Waals surface area contributed by atoms with Gasteiger partial charge < -0.3 is 14.9 Å². The molecule has 18 heavy (non-hydrogen) atoms. The standard InChI is InChI=1S/C7H7ClNO2S.C3H8N2.Na/c1-6-2-4-7(5-3-6)12(10,11)9-8;1-2-5-3-4-1;/h2-5H,1H3;4-5H,1-3H2;/q-1;;+1. The number of halogens is 1. The van der Waals surface area contributed by atoms with Crippen LogP contribution < -0.4 is 40.2 Å². The Balaban J connectivity index is 0.000000405. The SMILES string of the molecule is C1CNCN1.Cc1ccc(S(=O)(=O)[N-]Cl)cc1.[Na+]. The molecule has 1 aliphatic heterocycles. The van der Waals surface area contributed by atoms with Crippen molar-refractivity contribution in [1.82, 2.24) is 10.6 Å². The van der Waals surface area contributed by atoms with Crippen LogP contribution in [0.1, 0.15) is 5.56 Å². The van der Waals surface area contributed by atoms with Crippen molar-refractivity contribution in [3.8, 4) is 0 Å². The first kappa shape index (κ1) is 18.3. The van der Waals surface area contributed by atoms with Gasteiger partial charge in [0.05, 0.1) is 0 Å². The molecule has 0 radical (unpaired) electrons. The number of nitrogens with one attached hydrogen (secondary N) is 2. The minimum Gasteiger partial charge on any atom is -0.458 e. The Morgan fingerprint density at radius 2 is 1.67 bits per heavy atom. The third kappa shape index (κ3) is 6.49. The fourth-order valence-electron chi connectivity index (χ4n) is 1.19. The van der Waals surface area contributed by atoms with E-state index in [0.29, 0.717) is 0 Å². The van der Waals surface area contributed by atoms with Gasteiger partial charge in [-0.3, -0.25) is 11.8 Å². The van der Waals surface area contributed by atoms with Gasteiger partial charge in [-0.15, -0.1) is 0 Å². The van der Waals surface area contributed by atoms with Crippen LogP contribution in [0.15, 0.2) is 29.2 Å². The van der Waals surface area contributed by atoms with Crippen LogP contribution in [0, 0.1) is 6.92 Å². The molecule has 0 aliphatic carbocycles. The van der Waals surface area contributed by atoms with Crippen molar-refractivity contribution in [2.45, 2.75) is 11.8 Å². The molecule has 0 aromatic heterocycles. The van der Waals surface area contributed by atoms with Crippen molar-refractivity contribution in [1.29, 1.82) is 0 Å². The molecule has 0 bridgehead atoms. The first-order chi connectivity index (χ1) is 8.06. The average molecular weight is 300 g/mol. The number of nitrogens with zero attached hydrogens (tertiary/aromatic N) is 1. The van der Waals surface area contributed by atoms with E-state index in [2.05, 4.69) is 14.9 Å². The summed E-state index contributed by atoms with van der Waals surface area (Å²) in [6.07, 6.45) is 0. The number of sulfonamides is 1. The minimum absolute atomic E-state index is 0. The summed E-state index contributed by atoms with van der Waals surface area (Å²) in [4.78, 5) is 0.114. The maximum atomic E-state index is 11.0. The summed E-state index contributed by atoms with van der Waals surface area (Å²) in [6, 6.07) is 6.32. The van der Waals surface area contributed by atoms with Crippen molar-refractivity contribution in [2.24, 2.45) is 0 Å². The largest absolute Gasteiger partial charge is 1.00 e. The molecule has 0 atom stereocenters. The van der Waals surface area contributed by atoms with Gasteiger partial charge in [-0.2, -0.15) is 0 Å². The van der Waals surface area contributed by atoms with Gasteiger partial charge in [-0.05, 0) is 19.1 Å². The summed E-state index contributed by atoms with van der Waals surface area (Å²) in [7, 11) is -3.62. The smallest absolute Gasteiger partial charge is 0.458 e. The maximum absolute atomic E-state index is 11.0. The molecular formula is C10H15ClN3NaO2S. The summed E-state index contributed by atoms with van der Waals surface area (Å²) < 4.78 is 24.8. The number of benzene rings is 1. The normalized spacial score (nSPS) is 14.3. The average Bonchev–Trinajstić information content (AvgIpc) is 2.88. The van der Waals surface area contributed by atoms with Crippen LogP contribution in [-0.4, -0.2) is 28.2 Å². The fourth-order valence-corrected chi connectivity index (χ4v) is 1.99. The van der Waals surface area contributed by atoms with Gasteiger partial charge in [0, 0.05) is 24.7 Å². The van der Waals surface area contributed by atoms with Gasteiger partial charge in [0.2, 0.25) is 0 Å². The van der Waals surface area contributed by atoms with E-state index in [9.17, 15) is 8.42 Å². The van der Waals surface area contributed by atoms with E-state index in [4.69, 9.17) is 11.8 Å². The van der Waals surface area contributed by atoms with Crippen LogP contribution in [-0.2, 0) is 10.0 Å². The van der Waals surface area contributed by atoms with Gasteiger partial charge in [0.25, 0.3) is 0 Å². The molecule has 1 heterocycles. The molecule has 1 aliphatic rings. The predicted molar refractivity (Wildman–Crippen MR) is 68.4 cm³/mol. The van der Waals surface area contributed by atoms with Crippen LogP contribution in [0.2, 0.25) is 0 Å². The molecule has 8 heteroatoms. The molecule has 1 fully saturated rings. The molecule has 2 rings (SSSR count). The van der Waals surface area contributed by atoms with Crippen LogP contribution in [0.25, 0.3) is 4.24 Å². The Hall–Kier alpha value is 0.340. The van der Waals surface area contributed by atoms with Crippen molar-refractivity contribution in [3.63, 3.8) is 0 Å². The van der Waals surface area contributed by atoms with E-state index in [-0.39, 0.29) is 34.5 Å². The molecule has 96 valence electrons. The van der Waals surface area contributed by atoms with Crippen LogP contribution in [0.5, 0.6) is 0 Å². The molecule has 1 aromatic rings. The molecule has 0 saturated carbocycles. The van der Waals surface area contributed by atoms with Gasteiger partial charge in [0.15, 0.2) is 0 Å². The third-order valence-corrected chi connectivity index (χ3v) is 3.73. The van der Waals surface area contributed by atoms with E-state index in [1.54, 1.807) is 12.1 Å². The Labute approximate surface area is 135 Å². The molecule has 5 nitrogen and oxygen atoms in total. The number of hydrogen-bond acceptors (Lipinski definition) is 4. The molecule has 0 unspecified atom stereocenters. The van der Waals surface area contributed by atoms with Gasteiger partial charge in [0.1, 0.15) is 10.0 Å². The monoisotopic (exact) mass is 299 g/mol. The topological polar surface area (TPSA) is 72.3 Å². The predicted octanol–water partition coefficient (Wildman–Crippen LogP) is -1.65. The Morgan fingerprint density at radius 3 is 2.00 bits per heavy atom. The minimum atomic E-state index is -3.62. The fraction of sp³-hybridized carbons (Fsp3) is 0.400. The molecule has 1 saturated heterocycles. The zero-order valence-corrected chi connectivity index (χ0v) is 14.1. The summed E-state index contributed by atoms with van der Waals surface area (Å²) in [6.45, 7) is 5.15. The van der Waals surface area contributed by atoms with Crippen molar-refractivity contribution >= 4 is 21.8 Å². The van der Waals surface area contributed by atoms with Gasteiger partial charge in [-0.1, -0.05) is 17.7 Å². The van der Waals surface area contributed by atoms with E-state index < -0.39 is 10.0 Å². The zero-order valence-electron chi connectivity index (χ0n) is 10.5. The number of hydrogen-bond donors (Lipinski definition) is 2. The summed E-state index contributed by atoms with van der Waals surface area (Å²) in [5, 5.41) is 6.22. The first-order valence-electron chi connectivity index (χ1n) is 5.12. The number of rotatable bonds is 2. The van der Waals surface area contributed by atoms with E-state index in [0.717, 1.165) is 25.3 Å². The third-order valence-electron chi connectivity index (χ3n) is 2.14. The Morgan fingerprint density at radius 1 is 1.17 bits per heavy atom. The van der Waals surface area contributed by atoms with Gasteiger partial charge in [-0.25, -0.2) is 8.42 Å². The van der Waals surface area contributed by atoms with E-state index in [1.165, 1.54) is 12.1 Å². The van der Waals surface area contributed by atoms with Crippen molar-refractivity contribution in [2.75, 3.05) is 19.8 Å². The van der Waals surface area contributed by atoms with E-state index in [1.807, 2.05) is 6.92 Å². The second-order valence-electron chi connectivity index (χ2n) is 3.53. The Bertz CT molecular complexity index is 427. The second kappa shape index (κ2) is 9.28. The summed E-state index contributed by atoms with van der Waals surface area (Å²) in [5.41, 5.74) is 0.989. The molecular weight excluding hydrogens is 285 g/mol. The quantitative estimate of drug-likeness (QED) is 0.642. The zero-order chi connectivity index (χ0) is 12.7. The van der Waals surface area contributed by atoms with Crippen LogP contribution >= 0.6 is 11.8 Å². The van der Waals surface area contributed by atoms with E-state index >= 15 is 0 Å². The van der Waals surface area contributed by atoms with Crippen LogP contribution in [0.3, 0.4) is 0 Å². The van der Waals surface area contributed by atoms with Crippen molar-refractivity contribution in [3.05, 3.63) is 34.1 Å².